The van der Waals surface area contributed by atoms with Crippen LogP contribution in [-0.2, 0) is 6.54 Å². The van der Waals surface area contributed by atoms with E-state index in [0.29, 0.717) is 18.7 Å². The van der Waals surface area contributed by atoms with E-state index in [1.165, 1.54) is 0 Å². The highest BCUT2D eigenvalue weighted by Gasteiger charge is 2.09. The number of para-hydroxylation sites is 1. The molecule has 4 rings (SSSR count). The number of carbonyl (C=O) groups excluding carboxylic acids is 1. The van der Waals surface area contributed by atoms with E-state index in [0.717, 1.165) is 25.5 Å². The Morgan fingerprint density at radius 3 is 3.04 bits per heavy atom. The fourth-order valence-corrected chi connectivity index (χ4v) is 3.25. The lowest BCUT2D eigenvalue weighted by Gasteiger charge is -2.07. The smallest absolute Gasteiger partial charge is 0.251 e. The molecule has 0 aliphatic rings. The maximum absolute atomic E-state index is 12.3. The van der Waals surface area contributed by atoms with Crippen molar-refractivity contribution in [2.24, 2.45) is 0 Å². The normalized spacial score (nSPS) is 11.2. The fraction of sp³-hybridized carbons (Fsp3) is 0.118. The standard InChI is InChI=1S/C17H14IN5O/c18-16-13-9-11(5-6-14(13)21-22-16)17(24)19-7-8-23-15-4-2-1-3-12(15)10-20-23/h1-6,9-10H,7-8H2,(H,19,24)(H,21,22). The Hall–Kier alpha value is -2.42. The van der Waals surface area contributed by atoms with Crippen LogP contribution in [0, 0.1) is 3.70 Å². The largest absolute Gasteiger partial charge is 0.350 e. The molecule has 2 N–H and O–H groups in total. The summed E-state index contributed by atoms with van der Waals surface area (Å²) in [6, 6.07) is 13.5. The lowest BCUT2D eigenvalue weighted by Crippen LogP contribution is -2.27. The Balaban J connectivity index is 1.45. The van der Waals surface area contributed by atoms with Gasteiger partial charge in [0.1, 0.15) is 3.70 Å². The summed E-state index contributed by atoms with van der Waals surface area (Å²) in [4.78, 5) is 12.3. The van der Waals surface area contributed by atoms with Crippen LogP contribution in [0.5, 0.6) is 0 Å². The molecule has 0 aliphatic carbocycles. The van der Waals surface area contributed by atoms with Crippen LogP contribution in [-0.4, -0.2) is 32.4 Å². The number of aromatic nitrogens is 4. The van der Waals surface area contributed by atoms with Crippen LogP contribution in [0.1, 0.15) is 10.4 Å². The molecule has 0 atom stereocenters. The number of benzene rings is 2. The number of carbonyl (C=O) groups is 1. The molecule has 1 amide bonds. The minimum Gasteiger partial charge on any atom is -0.350 e. The zero-order valence-electron chi connectivity index (χ0n) is 12.7. The molecular formula is C17H14IN5O. The maximum atomic E-state index is 12.3. The van der Waals surface area contributed by atoms with Crippen molar-refractivity contribution in [2.75, 3.05) is 6.54 Å². The van der Waals surface area contributed by atoms with Crippen molar-refractivity contribution in [2.45, 2.75) is 6.54 Å². The molecule has 0 saturated carbocycles. The Morgan fingerprint density at radius 1 is 1.25 bits per heavy atom. The summed E-state index contributed by atoms with van der Waals surface area (Å²) in [5.74, 6) is -0.0923. The highest BCUT2D eigenvalue weighted by molar-refractivity contribution is 14.1. The van der Waals surface area contributed by atoms with Gasteiger partial charge in [-0.05, 0) is 46.9 Å². The summed E-state index contributed by atoms with van der Waals surface area (Å²) in [5.41, 5.74) is 2.56. The molecule has 2 heterocycles. The van der Waals surface area contributed by atoms with Crippen molar-refractivity contribution in [3.05, 3.63) is 57.9 Å². The number of halogens is 1. The van der Waals surface area contributed by atoms with Crippen molar-refractivity contribution in [3.63, 3.8) is 0 Å². The first-order valence-corrected chi connectivity index (χ1v) is 8.62. The number of nitrogens with zero attached hydrogens (tertiary/aromatic N) is 3. The van der Waals surface area contributed by atoms with Crippen molar-refractivity contribution >= 4 is 50.3 Å². The van der Waals surface area contributed by atoms with Gasteiger partial charge in [-0.1, -0.05) is 18.2 Å². The van der Waals surface area contributed by atoms with Crippen LogP contribution in [0.4, 0.5) is 0 Å². The van der Waals surface area contributed by atoms with Crippen LogP contribution < -0.4 is 5.32 Å². The second-order valence-electron chi connectivity index (χ2n) is 5.45. The van der Waals surface area contributed by atoms with Gasteiger partial charge >= 0.3 is 0 Å². The van der Waals surface area contributed by atoms with Gasteiger partial charge in [-0.3, -0.25) is 14.6 Å². The molecular weight excluding hydrogens is 417 g/mol. The first-order chi connectivity index (χ1) is 11.7. The number of aromatic amines is 1. The van der Waals surface area contributed by atoms with Gasteiger partial charge in [-0.15, -0.1) is 0 Å². The van der Waals surface area contributed by atoms with Crippen LogP contribution in [0.25, 0.3) is 21.8 Å². The van der Waals surface area contributed by atoms with E-state index in [1.807, 2.05) is 47.3 Å². The number of rotatable bonds is 4. The summed E-state index contributed by atoms with van der Waals surface area (Å²) < 4.78 is 2.83. The molecule has 6 nitrogen and oxygen atoms in total. The van der Waals surface area contributed by atoms with E-state index in [9.17, 15) is 4.79 Å². The van der Waals surface area contributed by atoms with Gasteiger partial charge in [-0.25, -0.2) is 0 Å². The number of amides is 1. The lowest BCUT2D eigenvalue weighted by molar-refractivity contribution is 0.0952. The van der Waals surface area contributed by atoms with Gasteiger partial charge in [0.15, 0.2) is 0 Å². The highest BCUT2D eigenvalue weighted by atomic mass is 127. The Kier molecular flexibility index (Phi) is 3.93. The Bertz CT molecular complexity index is 1040. The third-order valence-electron chi connectivity index (χ3n) is 3.93. The van der Waals surface area contributed by atoms with Gasteiger partial charge in [0.05, 0.1) is 23.8 Å². The number of H-pyrrole nitrogens is 1. The highest BCUT2D eigenvalue weighted by Crippen LogP contribution is 2.19. The van der Waals surface area contributed by atoms with Crippen molar-refractivity contribution < 1.29 is 4.79 Å². The monoisotopic (exact) mass is 431 g/mol. The molecule has 0 bridgehead atoms. The molecule has 24 heavy (non-hydrogen) atoms. The van der Waals surface area contributed by atoms with E-state index in [2.05, 4.69) is 43.2 Å². The molecule has 2 aromatic carbocycles. The van der Waals surface area contributed by atoms with E-state index in [1.54, 1.807) is 6.07 Å². The predicted molar refractivity (Wildman–Crippen MR) is 101 cm³/mol. The summed E-state index contributed by atoms with van der Waals surface area (Å²) in [6.07, 6.45) is 1.84. The maximum Gasteiger partial charge on any atom is 0.251 e. The number of hydrogen-bond acceptors (Lipinski definition) is 3. The number of fused-ring (bicyclic) bond motifs is 2. The number of nitrogens with one attached hydrogen (secondary N) is 2. The summed E-state index contributed by atoms with van der Waals surface area (Å²) >= 11 is 2.18. The average Bonchev–Trinajstić information content (AvgIpc) is 3.19. The molecule has 2 aromatic heterocycles. The first-order valence-electron chi connectivity index (χ1n) is 7.55. The van der Waals surface area contributed by atoms with Crippen LogP contribution in [0.3, 0.4) is 0 Å². The third kappa shape index (κ3) is 2.75. The third-order valence-corrected chi connectivity index (χ3v) is 4.75. The quantitative estimate of drug-likeness (QED) is 0.488. The molecule has 0 aliphatic heterocycles. The second-order valence-corrected chi connectivity index (χ2v) is 6.53. The molecule has 7 heteroatoms. The zero-order chi connectivity index (χ0) is 16.5. The lowest BCUT2D eigenvalue weighted by atomic mass is 10.1. The van der Waals surface area contributed by atoms with Gasteiger partial charge in [0.25, 0.3) is 5.91 Å². The topological polar surface area (TPSA) is 75.6 Å². The van der Waals surface area contributed by atoms with Gasteiger partial charge in [0.2, 0.25) is 0 Å². The van der Waals surface area contributed by atoms with Gasteiger partial charge < -0.3 is 5.32 Å². The van der Waals surface area contributed by atoms with Crippen LogP contribution in [0.2, 0.25) is 0 Å². The minimum atomic E-state index is -0.0923. The number of hydrogen-bond donors (Lipinski definition) is 2. The van der Waals surface area contributed by atoms with Gasteiger partial charge in [-0.2, -0.15) is 10.2 Å². The molecule has 0 spiro atoms. The van der Waals surface area contributed by atoms with Crippen LogP contribution >= 0.6 is 22.6 Å². The van der Waals surface area contributed by atoms with Crippen LogP contribution in [0.15, 0.2) is 48.7 Å². The summed E-state index contributed by atoms with van der Waals surface area (Å²) in [5, 5.41) is 16.5. The fourth-order valence-electron chi connectivity index (χ4n) is 2.70. The average molecular weight is 431 g/mol. The SMILES string of the molecule is O=C(NCCn1ncc2ccccc21)c1ccc2n[nH]c(I)c2c1. The zero-order valence-corrected chi connectivity index (χ0v) is 14.8. The molecule has 0 fully saturated rings. The predicted octanol–water partition coefficient (Wildman–Crippen LogP) is 2.95. The molecule has 0 unspecified atom stereocenters. The van der Waals surface area contributed by atoms with Crippen molar-refractivity contribution in [3.8, 4) is 0 Å². The minimum absolute atomic E-state index is 0.0923. The second kappa shape index (κ2) is 6.23. The Labute approximate surface area is 151 Å². The van der Waals surface area contributed by atoms with E-state index >= 15 is 0 Å². The molecule has 120 valence electrons. The van der Waals surface area contributed by atoms with Crippen molar-refractivity contribution in [1.29, 1.82) is 0 Å². The molecule has 4 aromatic rings. The van der Waals surface area contributed by atoms with Crippen molar-refractivity contribution in [1.82, 2.24) is 25.3 Å². The summed E-state index contributed by atoms with van der Waals surface area (Å²) in [6.45, 7) is 1.15. The Morgan fingerprint density at radius 2 is 2.12 bits per heavy atom. The van der Waals surface area contributed by atoms with Gasteiger partial charge in [0, 0.05) is 22.9 Å². The van der Waals surface area contributed by atoms with E-state index in [4.69, 9.17) is 0 Å². The van der Waals surface area contributed by atoms with E-state index < -0.39 is 0 Å². The molecule has 0 radical (unpaired) electrons. The molecule has 0 saturated heterocycles. The first kappa shape index (κ1) is 15.1. The van der Waals surface area contributed by atoms with E-state index in [-0.39, 0.29) is 5.91 Å². The summed E-state index contributed by atoms with van der Waals surface area (Å²) in [7, 11) is 0.